The predicted octanol–water partition coefficient (Wildman–Crippen LogP) is 2.25. The van der Waals surface area contributed by atoms with E-state index in [-0.39, 0.29) is 42.0 Å². The number of benzene rings is 1. The molecule has 0 atom stereocenters. The molecule has 1 aromatic rings. The van der Waals surface area contributed by atoms with Crippen molar-refractivity contribution in [2.24, 2.45) is 4.99 Å². The van der Waals surface area contributed by atoms with Gasteiger partial charge in [-0.2, -0.15) is 0 Å². The van der Waals surface area contributed by atoms with Gasteiger partial charge < -0.3 is 20.7 Å². The van der Waals surface area contributed by atoms with Crippen molar-refractivity contribution in [3.8, 4) is 5.75 Å². The van der Waals surface area contributed by atoms with Gasteiger partial charge in [-0.3, -0.25) is 4.79 Å². The number of fused-ring (bicyclic) bond motifs is 1. The Morgan fingerprint density at radius 1 is 1.27 bits per heavy atom. The molecule has 146 valence electrons. The number of halogens is 1. The van der Waals surface area contributed by atoms with E-state index in [4.69, 9.17) is 4.74 Å². The number of hydrogen-bond donors (Lipinski definition) is 3. The molecule has 0 saturated carbocycles. The smallest absolute Gasteiger partial charge is 0.242 e. The van der Waals surface area contributed by atoms with Crippen LogP contribution in [0.2, 0.25) is 0 Å². The number of hydrogen-bond acceptors (Lipinski definition) is 3. The van der Waals surface area contributed by atoms with E-state index in [1.54, 1.807) is 0 Å². The lowest BCUT2D eigenvalue weighted by molar-refractivity contribution is -0.121. The molecule has 1 aliphatic rings. The first-order valence-electron chi connectivity index (χ1n) is 8.95. The minimum atomic E-state index is -0.240. The number of ether oxygens (including phenoxy) is 1. The highest BCUT2D eigenvalue weighted by atomic mass is 127. The van der Waals surface area contributed by atoms with Crippen LogP contribution in [0.15, 0.2) is 23.2 Å². The number of amides is 1. The Bertz CT molecular complexity index is 626. The minimum absolute atomic E-state index is 0. The summed E-state index contributed by atoms with van der Waals surface area (Å²) in [4.78, 5) is 16.2. The molecule has 3 N–H and O–H groups in total. The molecule has 1 aromatic carbocycles. The molecular weight excluding hydrogens is 443 g/mol. The standard InChI is InChI=1S/C19H30N4O2.HI/c1-5-20-18(22-13-17(24)23-19(2,3)4)21-10-8-14-6-7-16-15(12-14)9-11-25-16;/h6-7,12H,5,8-11,13H2,1-4H3,(H,23,24)(H2,20,21,22);1H. The minimum Gasteiger partial charge on any atom is -0.493 e. The molecule has 0 spiro atoms. The van der Waals surface area contributed by atoms with E-state index in [0.717, 1.165) is 38.3 Å². The van der Waals surface area contributed by atoms with Crippen LogP contribution < -0.4 is 20.7 Å². The van der Waals surface area contributed by atoms with Gasteiger partial charge in [0.25, 0.3) is 0 Å². The van der Waals surface area contributed by atoms with Crippen molar-refractivity contribution >= 4 is 35.8 Å². The van der Waals surface area contributed by atoms with Gasteiger partial charge in [-0.05, 0) is 51.3 Å². The maximum absolute atomic E-state index is 11.9. The van der Waals surface area contributed by atoms with E-state index in [9.17, 15) is 4.79 Å². The lowest BCUT2D eigenvalue weighted by Crippen LogP contribution is -2.43. The zero-order valence-electron chi connectivity index (χ0n) is 16.1. The van der Waals surface area contributed by atoms with Crippen molar-refractivity contribution in [3.63, 3.8) is 0 Å². The Morgan fingerprint density at radius 2 is 2.04 bits per heavy atom. The van der Waals surface area contributed by atoms with Gasteiger partial charge in [0.05, 0.1) is 6.61 Å². The van der Waals surface area contributed by atoms with E-state index in [2.05, 4.69) is 33.1 Å². The Morgan fingerprint density at radius 3 is 2.73 bits per heavy atom. The highest BCUT2D eigenvalue weighted by molar-refractivity contribution is 14.0. The Balaban J connectivity index is 0.00000338. The first-order chi connectivity index (χ1) is 11.9. The first-order valence-corrected chi connectivity index (χ1v) is 8.95. The van der Waals surface area contributed by atoms with E-state index in [1.807, 2.05) is 33.8 Å². The summed E-state index contributed by atoms with van der Waals surface area (Å²) in [5.74, 6) is 1.59. The summed E-state index contributed by atoms with van der Waals surface area (Å²) in [6, 6.07) is 6.37. The lowest BCUT2D eigenvalue weighted by Gasteiger charge is -2.20. The number of carbonyl (C=O) groups is 1. The van der Waals surface area contributed by atoms with E-state index >= 15 is 0 Å². The summed E-state index contributed by atoms with van der Waals surface area (Å²) in [5.41, 5.74) is 2.32. The molecule has 1 heterocycles. The van der Waals surface area contributed by atoms with Crippen LogP contribution >= 0.6 is 24.0 Å². The molecule has 1 amide bonds. The van der Waals surface area contributed by atoms with Gasteiger partial charge in [0.15, 0.2) is 5.96 Å². The van der Waals surface area contributed by atoms with Crippen molar-refractivity contribution < 1.29 is 9.53 Å². The van der Waals surface area contributed by atoms with Gasteiger partial charge in [-0.1, -0.05) is 12.1 Å². The Kier molecular flexibility index (Phi) is 9.18. The summed E-state index contributed by atoms with van der Waals surface area (Å²) < 4.78 is 5.53. The predicted molar refractivity (Wildman–Crippen MR) is 117 cm³/mol. The molecule has 6 nitrogen and oxygen atoms in total. The third-order valence-corrected chi connectivity index (χ3v) is 3.70. The molecule has 0 aromatic heterocycles. The average molecular weight is 474 g/mol. The third-order valence-electron chi connectivity index (χ3n) is 3.70. The second-order valence-corrected chi connectivity index (χ2v) is 7.21. The fourth-order valence-corrected chi connectivity index (χ4v) is 2.67. The Hall–Kier alpha value is -1.51. The Labute approximate surface area is 173 Å². The topological polar surface area (TPSA) is 74.8 Å². The van der Waals surface area contributed by atoms with E-state index in [1.165, 1.54) is 11.1 Å². The molecule has 1 aliphatic heterocycles. The largest absolute Gasteiger partial charge is 0.493 e. The summed E-state index contributed by atoms with van der Waals surface area (Å²) >= 11 is 0. The van der Waals surface area contributed by atoms with Crippen LogP contribution in [0.5, 0.6) is 5.75 Å². The molecule has 0 fully saturated rings. The van der Waals surface area contributed by atoms with Crippen molar-refractivity contribution in [2.45, 2.75) is 46.1 Å². The van der Waals surface area contributed by atoms with E-state index in [0.29, 0.717) is 5.96 Å². The first kappa shape index (κ1) is 22.5. The van der Waals surface area contributed by atoms with Crippen molar-refractivity contribution in [1.82, 2.24) is 16.0 Å². The monoisotopic (exact) mass is 474 g/mol. The molecule has 0 aliphatic carbocycles. The van der Waals surface area contributed by atoms with Gasteiger partial charge in [0.1, 0.15) is 12.3 Å². The van der Waals surface area contributed by atoms with Gasteiger partial charge >= 0.3 is 0 Å². The van der Waals surface area contributed by atoms with Crippen LogP contribution in [0, 0.1) is 0 Å². The molecule has 0 radical (unpaired) electrons. The highest BCUT2D eigenvalue weighted by Gasteiger charge is 2.13. The molecule has 7 heteroatoms. The lowest BCUT2D eigenvalue weighted by atomic mass is 10.1. The molecule has 26 heavy (non-hydrogen) atoms. The second kappa shape index (κ2) is 10.6. The third kappa shape index (κ3) is 7.80. The molecular formula is C19H31IN4O2. The highest BCUT2D eigenvalue weighted by Crippen LogP contribution is 2.25. The summed E-state index contributed by atoms with van der Waals surface area (Å²) in [6.45, 7) is 10.3. The van der Waals surface area contributed by atoms with Crippen LogP contribution in [0.25, 0.3) is 0 Å². The summed E-state index contributed by atoms with van der Waals surface area (Å²) in [7, 11) is 0. The van der Waals surface area contributed by atoms with Crippen LogP contribution in [0.3, 0.4) is 0 Å². The number of carbonyl (C=O) groups excluding carboxylic acids is 1. The number of guanidine groups is 1. The molecule has 0 bridgehead atoms. The van der Waals surface area contributed by atoms with E-state index < -0.39 is 0 Å². The number of aliphatic imine (C=N–C) groups is 1. The molecule has 0 unspecified atom stereocenters. The fourth-order valence-electron chi connectivity index (χ4n) is 2.67. The van der Waals surface area contributed by atoms with Gasteiger partial charge in [-0.25, -0.2) is 4.99 Å². The van der Waals surface area contributed by atoms with Crippen LogP contribution in [-0.2, 0) is 17.6 Å². The maximum atomic E-state index is 11.9. The van der Waals surface area contributed by atoms with Crippen molar-refractivity contribution in [3.05, 3.63) is 29.3 Å². The zero-order chi connectivity index (χ0) is 18.3. The van der Waals surface area contributed by atoms with Crippen LogP contribution in [0.4, 0.5) is 0 Å². The maximum Gasteiger partial charge on any atom is 0.242 e. The summed E-state index contributed by atoms with van der Waals surface area (Å²) in [6.07, 6.45) is 1.88. The number of nitrogens with zero attached hydrogens (tertiary/aromatic N) is 1. The number of nitrogens with one attached hydrogen (secondary N) is 3. The van der Waals surface area contributed by atoms with Gasteiger partial charge in [0, 0.05) is 25.0 Å². The van der Waals surface area contributed by atoms with Gasteiger partial charge in [-0.15, -0.1) is 24.0 Å². The quantitative estimate of drug-likeness (QED) is 0.336. The second-order valence-electron chi connectivity index (χ2n) is 7.21. The summed E-state index contributed by atoms with van der Waals surface area (Å²) in [5, 5.41) is 9.36. The molecule has 2 rings (SSSR count). The SMILES string of the molecule is CCNC(=NCC(=O)NC(C)(C)C)NCCc1ccc2c(c1)CCO2.I. The van der Waals surface area contributed by atoms with Crippen molar-refractivity contribution in [2.75, 3.05) is 26.2 Å². The number of rotatable bonds is 6. The van der Waals surface area contributed by atoms with Crippen molar-refractivity contribution in [1.29, 1.82) is 0 Å². The normalized spacial score (nSPS) is 13.3. The van der Waals surface area contributed by atoms with Crippen LogP contribution in [-0.4, -0.2) is 43.6 Å². The zero-order valence-corrected chi connectivity index (χ0v) is 18.5. The fraction of sp³-hybridized carbons (Fsp3) is 0.579. The van der Waals surface area contributed by atoms with Gasteiger partial charge in [0.2, 0.25) is 5.91 Å². The average Bonchev–Trinajstić information content (AvgIpc) is 2.98. The van der Waals surface area contributed by atoms with Crippen LogP contribution in [0.1, 0.15) is 38.8 Å². The molecule has 0 saturated heterocycles.